The predicted molar refractivity (Wildman–Crippen MR) is 148 cm³/mol. The van der Waals surface area contributed by atoms with Crippen LogP contribution in [0.2, 0.25) is 0 Å². The fraction of sp³-hybridized carbons (Fsp3) is 0.156. The molecule has 1 aliphatic rings. The third-order valence-electron chi connectivity index (χ3n) is 7.32. The van der Waals surface area contributed by atoms with Crippen molar-refractivity contribution in [1.29, 1.82) is 0 Å². The lowest BCUT2D eigenvalue weighted by Gasteiger charge is -2.37. The molecule has 1 aliphatic heterocycles. The van der Waals surface area contributed by atoms with Crippen LogP contribution in [0.1, 0.15) is 32.7 Å². The van der Waals surface area contributed by atoms with Crippen molar-refractivity contribution >= 4 is 33.7 Å². The van der Waals surface area contributed by atoms with Gasteiger partial charge in [-0.3, -0.25) is 0 Å². The average molecular weight is 506 g/mol. The number of aromatic amines is 1. The van der Waals surface area contributed by atoms with Gasteiger partial charge in [0.25, 0.3) is 0 Å². The SMILES string of the molecule is COC(=O)c1c(C)[nH]c2c1c1c(c3ccccc32)OC(c2ccc(OC)cc2)(c2ccc(OC)cc2)C=C1. The van der Waals surface area contributed by atoms with Crippen LogP contribution < -0.4 is 14.2 Å². The van der Waals surface area contributed by atoms with E-state index in [4.69, 9.17) is 18.9 Å². The van der Waals surface area contributed by atoms with Gasteiger partial charge in [-0.25, -0.2) is 4.79 Å². The predicted octanol–water partition coefficient (Wildman–Crippen LogP) is 6.78. The molecule has 5 aromatic rings. The Morgan fingerprint density at radius 2 is 1.39 bits per heavy atom. The van der Waals surface area contributed by atoms with Crippen LogP contribution in [0.3, 0.4) is 0 Å². The lowest BCUT2D eigenvalue weighted by molar-refractivity contribution is 0.0602. The van der Waals surface area contributed by atoms with Gasteiger partial charge in [-0.2, -0.15) is 0 Å². The van der Waals surface area contributed by atoms with Gasteiger partial charge >= 0.3 is 5.97 Å². The van der Waals surface area contributed by atoms with Crippen molar-refractivity contribution in [3.05, 3.63) is 107 Å². The molecular weight excluding hydrogens is 478 g/mol. The van der Waals surface area contributed by atoms with Crippen molar-refractivity contribution in [2.45, 2.75) is 12.5 Å². The molecule has 6 rings (SSSR count). The number of methoxy groups -OCH3 is 3. The maximum absolute atomic E-state index is 12.9. The number of rotatable bonds is 5. The van der Waals surface area contributed by atoms with E-state index in [2.05, 4.69) is 17.1 Å². The highest BCUT2D eigenvalue weighted by Gasteiger charge is 2.39. The molecule has 190 valence electrons. The second-order valence-corrected chi connectivity index (χ2v) is 9.28. The molecule has 38 heavy (non-hydrogen) atoms. The first kappa shape index (κ1) is 23.7. The van der Waals surface area contributed by atoms with Crippen LogP contribution in [0.25, 0.3) is 27.8 Å². The highest BCUT2D eigenvalue weighted by molar-refractivity contribution is 6.19. The molecule has 0 atom stereocenters. The summed E-state index contributed by atoms with van der Waals surface area (Å²) in [5.41, 5.74) is 3.92. The van der Waals surface area contributed by atoms with Gasteiger partial charge in [0.2, 0.25) is 0 Å². The van der Waals surface area contributed by atoms with E-state index in [-0.39, 0.29) is 5.97 Å². The molecule has 0 unspecified atom stereocenters. The molecule has 1 aromatic heterocycles. The van der Waals surface area contributed by atoms with Crippen molar-refractivity contribution in [2.75, 3.05) is 21.3 Å². The van der Waals surface area contributed by atoms with Crippen molar-refractivity contribution in [1.82, 2.24) is 4.98 Å². The number of benzene rings is 4. The number of carbonyl (C=O) groups excluding carboxylic acids is 1. The van der Waals surface area contributed by atoms with Gasteiger partial charge in [0.15, 0.2) is 5.60 Å². The minimum atomic E-state index is -0.932. The molecule has 0 amide bonds. The zero-order chi connectivity index (χ0) is 26.4. The Balaban J connectivity index is 1.67. The van der Waals surface area contributed by atoms with Crippen LogP contribution in [-0.2, 0) is 10.3 Å². The highest BCUT2D eigenvalue weighted by atomic mass is 16.5. The van der Waals surface area contributed by atoms with Crippen LogP contribution in [-0.4, -0.2) is 32.3 Å². The van der Waals surface area contributed by atoms with Gasteiger partial charge < -0.3 is 23.9 Å². The fourth-order valence-corrected chi connectivity index (χ4v) is 5.43. The van der Waals surface area contributed by atoms with Crippen LogP contribution in [0, 0.1) is 6.92 Å². The minimum absolute atomic E-state index is 0.387. The summed E-state index contributed by atoms with van der Waals surface area (Å²) >= 11 is 0. The summed E-state index contributed by atoms with van der Waals surface area (Å²) < 4.78 is 23.1. The van der Waals surface area contributed by atoms with E-state index in [1.165, 1.54) is 7.11 Å². The van der Waals surface area contributed by atoms with E-state index in [1.807, 2.05) is 79.7 Å². The molecule has 6 nitrogen and oxygen atoms in total. The monoisotopic (exact) mass is 505 g/mol. The quantitative estimate of drug-likeness (QED) is 0.267. The number of hydrogen-bond acceptors (Lipinski definition) is 5. The first-order valence-corrected chi connectivity index (χ1v) is 12.3. The van der Waals surface area contributed by atoms with Crippen molar-refractivity contribution < 1.29 is 23.7 Å². The number of esters is 1. The maximum Gasteiger partial charge on any atom is 0.340 e. The Labute approximate surface area is 220 Å². The summed E-state index contributed by atoms with van der Waals surface area (Å²) in [6, 6.07) is 23.8. The van der Waals surface area contributed by atoms with E-state index < -0.39 is 5.60 Å². The molecule has 0 fully saturated rings. The molecular formula is C32H27NO5. The van der Waals surface area contributed by atoms with E-state index in [9.17, 15) is 4.79 Å². The number of hydrogen-bond donors (Lipinski definition) is 1. The maximum atomic E-state index is 12.9. The van der Waals surface area contributed by atoms with Crippen molar-refractivity contribution in [3.8, 4) is 17.2 Å². The second kappa shape index (κ2) is 8.99. The molecule has 4 aromatic carbocycles. The second-order valence-electron chi connectivity index (χ2n) is 9.28. The fourth-order valence-electron chi connectivity index (χ4n) is 5.43. The average Bonchev–Trinajstić information content (AvgIpc) is 3.33. The van der Waals surface area contributed by atoms with Crippen LogP contribution in [0.5, 0.6) is 17.2 Å². The van der Waals surface area contributed by atoms with Crippen LogP contribution in [0.4, 0.5) is 0 Å². The normalized spacial score (nSPS) is 13.7. The Kier molecular flexibility index (Phi) is 5.60. The number of ether oxygens (including phenoxy) is 4. The standard InChI is InChI=1S/C32H27NO5/c1-19-27(31(34)37-4)28-26-17-18-32(20-9-13-22(35-2)14-10-20,21-11-15-23(36-3)16-12-21)38-30(26)25-8-6-5-7-24(25)29(28)33-19/h5-18,33H,1-4H3. The molecule has 1 N–H and O–H groups in total. The Morgan fingerprint density at radius 1 is 0.816 bits per heavy atom. The molecule has 2 heterocycles. The minimum Gasteiger partial charge on any atom is -0.497 e. The van der Waals surface area contributed by atoms with Crippen molar-refractivity contribution in [2.24, 2.45) is 0 Å². The number of aromatic nitrogens is 1. The number of H-pyrrole nitrogens is 1. The summed E-state index contributed by atoms with van der Waals surface area (Å²) in [4.78, 5) is 16.3. The molecule has 0 saturated heterocycles. The van der Waals surface area contributed by atoms with Gasteiger partial charge in [0, 0.05) is 38.5 Å². The summed E-state index contributed by atoms with van der Waals surface area (Å²) in [5.74, 6) is 1.83. The Hall–Kier alpha value is -4.71. The van der Waals surface area contributed by atoms with Gasteiger partial charge in [-0.05, 0) is 43.3 Å². The Morgan fingerprint density at radius 3 is 1.95 bits per heavy atom. The van der Waals surface area contributed by atoms with E-state index in [0.29, 0.717) is 11.3 Å². The molecule has 0 bridgehead atoms. The number of nitrogens with one attached hydrogen (secondary N) is 1. The van der Waals surface area contributed by atoms with Crippen LogP contribution in [0.15, 0.2) is 78.9 Å². The smallest absolute Gasteiger partial charge is 0.340 e. The summed E-state index contributed by atoms with van der Waals surface area (Å²) in [5, 5.41) is 2.70. The molecule has 0 radical (unpaired) electrons. The Bertz CT molecular complexity index is 1660. The zero-order valence-corrected chi connectivity index (χ0v) is 21.6. The van der Waals surface area contributed by atoms with E-state index >= 15 is 0 Å². The molecule has 6 heteroatoms. The zero-order valence-electron chi connectivity index (χ0n) is 21.6. The molecule has 0 spiro atoms. The highest BCUT2D eigenvalue weighted by Crippen LogP contribution is 2.49. The van der Waals surface area contributed by atoms with E-state index in [1.54, 1.807) is 14.2 Å². The number of aryl methyl sites for hydroxylation is 1. The van der Waals surface area contributed by atoms with Crippen LogP contribution >= 0.6 is 0 Å². The summed E-state index contributed by atoms with van der Waals surface area (Å²) in [6.07, 6.45) is 4.11. The third-order valence-corrected chi connectivity index (χ3v) is 7.32. The van der Waals surface area contributed by atoms with E-state index in [0.717, 1.165) is 55.6 Å². The van der Waals surface area contributed by atoms with Gasteiger partial charge in [-0.1, -0.05) is 48.5 Å². The van der Waals surface area contributed by atoms with Gasteiger partial charge in [0.1, 0.15) is 17.2 Å². The molecule has 0 aliphatic carbocycles. The number of carbonyl (C=O) groups is 1. The van der Waals surface area contributed by atoms with Crippen molar-refractivity contribution in [3.63, 3.8) is 0 Å². The van der Waals surface area contributed by atoms with Gasteiger partial charge in [0.05, 0.1) is 32.4 Å². The first-order valence-electron chi connectivity index (χ1n) is 12.3. The first-order chi connectivity index (χ1) is 18.5. The summed E-state index contributed by atoms with van der Waals surface area (Å²) in [6.45, 7) is 1.89. The third kappa shape index (κ3) is 3.44. The summed E-state index contributed by atoms with van der Waals surface area (Å²) in [7, 11) is 4.70. The lowest BCUT2D eigenvalue weighted by atomic mass is 9.82. The number of fused-ring (bicyclic) bond motifs is 6. The van der Waals surface area contributed by atoms with Gasteiger partial charge in [-0.15, -0.1) is 0 Å². The largest absolute Gasteiger partial charge is 0.497 e. The molecule has 0 saturated carbocycles. The lowest BCUT2D eigenvalue weighted by Crippen LogP contribution is -2.34. The topological polar surface area (TPSA) is 69.8 Å².